The second-order valence-electron chi connectivity index (χ2n) is 6.21. The summed E-state index contributed by atoms with van der Waals surface area (Å²) in [6, 6.07) is 6.08. The molecule has 0 radical (unpaired) electrons. The van der Waals surface area contributed by atoms with Gasteiger partial charge in [0.05, 0.1) is 23.5 Å². The lowest BCUT2D eigenvalue weighted by molar-refractivity contribution is 0.0692. The molecule has 2 aromatic rings. The normalized spacial score (nSPS) is 20.0. The lowest BCUT2D eigenvalue weighted by atomic mass is 9.81. The molecule has 1 aliphatic rings. The van der Waals surface area contributed by atoms with Crippen molar-refractivity contribution < 1.29 is 14.3 Å². The summed E-state index contributed by atoms with van der Waals surface area (Å²) in [5.41, 5.74) is 6.98. The summed E-state index contributed by atoms with van der Waals surface area (Å²) in [7, 11) is 0. The smallest absolute Gasteiger partial charge is 0.338 e. The fourth-order valence-corrected chi connectivity index (χ4v) is 3.18. The SMILES string of the molecule is N#CC1CCC(c2cnc(N)c(-c3ccc(C(=O)O)c(F)c3)n2)CC1. The molecule has 0 atom stereocenters. The van der Waals surface area contributed by atoms with Crippen molar-refractivity contribution >= 4 is 11.8 Å². The predicted octanol–water partition coefficient (Wildman–Crippen LogP) is 3.36. The van der Waals surface area contributed by atoms with Crippen LogP contribution in [0.25, 0.3) is 11.3 Å². The minimum Gasteiger partial charge on any atom is -0.478 e. The van der Waals surface area contributed by atoms with Crippen LogP contribution in [0.5, 0.6) is 0 Å². The molecule has 1 aromatic heterocycles. The van der Waals surface area contributed by atoms with E-state index in [-0.39, 0.29) is 17.7 Å². The van der Waals surface area contributed by atoms with Gasteiger partial charge in [-0.3, -0.25) is 0 Å². The predicted molar refractivity (Wildman–Crippen MR) is 89.1 cm³/mol. The Balaban J connectivity index is 1.91. The molecule has 7 heteroatoms. The molecule has 6 nitrogen and oxygen atoms in total. The third-order valence-electron chi connectivity index (χ3n) is 4.62. The number of hydrogen-bond acceptors (Lipinski definition) is 5. The van der Waals surface area contributed by atoms with Crippen molar-refractivity contribution in [3.63, 3.8) is 0 Å². The quantitative estimate of drug-likeness (QED) is 0.886. The number of aromatic carboxylic acids is 1. The van der Waals surface area contributed by atoms with Gasteiger partial charge in [-0.15, -0.1) is 0 Å². The van der Waals surface area contributed by atoms with Gasteiger partial charge in [0.2, 0.25) is 0 Å². The molecule has 1 fully saturated rings. The molecule has 128 valence electrons. The van der Waals surface area contributed by atoms with Crippen LogP contribution in [-0.4, -0.2) is 21.0 Å². The molecule has 25 heavy (non-hydrogen) atoms. The van der Waals surface area contributed by atoms with Crippen LogP contribution in [-0.2, 0) is 0 Å². The van der Waals surface area contributed by atoms with E-state index >= 15 is 0 Å². The minimum absolute atomic E-state index is 0.0927. The van der Waals surface area contributed by atoms with E-state index in [4.69, 9.17) is 16.1 Å². The van der Waals surface area contributed by atoms with Crippen LogP contribution < -0.4 is 5.73 Å². The average Bonchev–Trinajstić information content (AvgIpc) is 2.62. The number of nitrogens with two attached hydrogens (primary N) is 1. The van der Waals surface area contributed by atoms with Crippen LogP contribution in [0.15, 0.2) is 24.4 Å². The maximum absolute atomic E-state index is 14.0. The number of anilines is 1. The van der Waals surface area contributed by atoms with Gasteiger partial charge in [-0.2, -0.15) is 5.26 Å². The molecular weight excluding hydrogens is 323 g/mol. The Labute approximate surface area is 144 Å². The highest BCUT2D eigenvalue weighted by Crippen LogP contribution is 2.36. The Morgan fingerprint density at radius 2 is 2.04 bits per heavy atom. The number of carbonyl (C=O) groups is 1. The van der Waals surface area contributed by atoms with E-state index in [2.05, 4.69) is 16.0 Å². The Kier molecular flexibility index (Phi) is 4.61. The van der Waals surface area contributed by atoms with Crippen LogP contribution in [0.3, 0.4) is 0 Å². The number of carboxylic acids is 1. The maximum atomic E-state index is 14.0. The van der Waals surface area contributed by atoms with Crippen LogP contribution >= 0.6 is 0 Å². The number of benzene rings is 1. The van der Waals surface area contributed by atoms with Gasteiger partial charge in [0.1, 0.15) is 17.3 Å². The van der Waals surface area contributed by atoms with Crippen molar-refractivity contribution in [2.24, 2.45) is 5.92 Å². The van der Waals surface area contributed by atoms with Crippen molar-refractivity contribution in [1.82, 2.24) is 9.97 Å². The summed E-state index contributed by atoms with van der Waals surface area (Å²) in [6.07, 6.45) is 4.97. The highest BCUT2D eigenvalue weighted by molar-refractivity contribution is 5.88. The summed E-state index contributed by atoms with van der Waals surface area (Å²) in [6.45, 7) is 0. The lowest BCUT2D eigenvalue weighted by Gasteiger charge is -2.24. The van der Waals surface area contributed by atoms with Gasteiger partial charge in [0.15, 0.2) is 0 Å². The van der Waals surface area contributed by atoms with Gasteiger partial charge >= 0.3 is 5.97 Å². The van der Waals surface area contributed by atoms with Crippen molar-refractivity contribution in [3.05, 3.63) is 41.5 Å². The van der Waals surface area contributed by atoms with Gasteiger partial charge in [-0.25, -0.2) is 19.2 Å². The Hall–Kier alpha value is -3.01. The molecule has 1 aromatic carbocycles. The highest BCUT2D eigenvalue weighted by atomic mass is 19.1. The fraction of sp³-hybridized carbons (Fsp3) is 0.333. The van der Waals surface area contributed by atoms with Gasteiger partial charge in [-0.05, 0) is 37.8 Å². The molecule has 0 unspecified atom stereocenters. The second kappa shape index (κ2) is 6.85. The zero-order valence-corrected chi connectivity index (χ0v) is 13.4. The molecule has 1 aliphatic carbocycles. The zero-order chi connectivity index (χ0) is 18.0. The first kappa shape index (κ1) is 16.8. The molecule has 1 saturated carbocycles. The van der Waals surface area contributed by atoms with Crippen LogP contribution in [0, 0.1) is 23.1 Å². The molecule has 0 amide bonds. The van der Waals surface area contributed by atoms with Crippen LogP contribution in [0.4, 0.5) is 10.2 Å². The number of hydrogen-bond donors (Lipinski definition) is 2. The van der Waals surface area contributed by atoms with E-state index in [0.717, 1.165) is 37.4 Å². The van der Waals surface area contributed by atoms with Crippen molar-refractivity contribution in [3.8, 4) is 17.3 Å². The average molecular weight is 340 g/mol. The van der Waals surface area contributed by atoms with E-state index in [1.165, 1.54) is 12.1 Å². The second-order valence-corrected chi connectivity index (χ2v) is 6.21. The number of nitriles is 1. The fourth-order valence-electron chi connectivity index (χ4n) is 3.18. The Bertz CT molecular complexity index is 855. The van der Waals surface area contributed by atoms with Gasteiger partial charge in [0, 0.05) is 17.4 Å². The summed E-state index contributed by atoms with van der Waals surface area (Å²) in [5, 5.41) is 17.9. The molecule has 3 N–H and O–H groups in total. The molecule has 0 aliphatic heterocycles. The number of nitrogens with zero attached hydrogens (tertiary/aromatic N) is 3. The molecule has 1 heterocycles. The Morgan fingerprint density at radius 3 is 2.64 bits per heavy atom. The largest absolute Gasteiger partial charge is 0.478 e. The number of rotatable bonds is 3. The van der Waals surface area contributed by atoms with E-state index in [9.17, 15) is 9.18 Å². The molecule has 0 spiro atoms. The summed E-state index contributed by atoms with van der Waals surface area (Å²) in [4.78, 5) is 19.6. The summed E-state index contributed by atoms with van der Waals surface area (Å²) >= 11 is 0. The summed E-state index contributed by atoms with van der Waals surface area (Å²) < 4.78 is 14.0. The highest BCUT2D eigenvalue weighted by Gasteiger charge is 2.24. The van der Waals surface area contributed by atoms with Gasteiger partial charge in [0.25, 0.3) is 0 Å². The van der Waals surface area contributed by atoms with Crippen molar-refractivity contribution in [2.75, 3.05) is 5.73 Å². The molecular formula is C18H17FN4O2. The third-order valence-corrected chi connectivity index (χ3v) is 4.62. The maximum Gasteiger partial charge on any atom is 0.338 e. The van der Waals surface area contributed by atoms with Gasteiger partial charge < -0.3 is 10.8 Å². The zero-order valence-electron chi connectivity index (χ0n) is 13.4. The Morgan fingerprint density at radius 1 is 1.32 bits per heavy atom. The first-order chi connectivity index (χ1) is 12.0. The number of aromatic nitrogens is 2. The van der Waals surface area contributed by atoms with Crippen molar-refractivity contribution in [2.45, 2.75) is 31.6 Å². The lowest BCUT2D eigenvalue weighted by Crippen LogP contribution is -2.14. The molecule has 0 bridgehead atoms. The van der Waals surface area contributed by atoms with E-state index < -0.39 is 17.3 Å². The third kappa shape index (κ3) is 3.43. The number of nitrogen functional groups attached to an aromatic ring is 1. The minimum atomic E-state index is -1.33. The molecule has 3 rings (SSSR count). The van der Waals surface area contributed by atoms with Crippen LogP contribution in [0.2, 0.25) is 0 Å². The first-order valence-electron chi connectivity index (χ1n) is 8.05. The topological polar surface area (TPSA) is 113 Å². The van der Waals surface area contributed by atoms with Gasteiger partial charge in [-0.1, -0.05) is 6.07 Å². The first-order valence-corrected chi connectivity index (χ1v) is 8.05. The molecule has 0 saturated heterocycles. The monoisotopic (exact) mass is 340 g/mol. The van der Waals surface area contributed by atoms with E-state index in [1.54, 1.807) is 6.20 Å². The van der Waals surface area contributed by atoms with Crippen molar-refractivity contribution in [1.29, 1.82) is 5.26 Å². The number of carboxylic acid groups (broad SMARTS) is 1. The summed E-state index contributed by atoms with van der Waals surface area (Å²) in [5.74, 6) is -1.72. The number of halogens is 1. The van der Waals surface area contributed by atoms with Crippen LogP contribution in [0.1, 0.15) is 47.7 Å². The standard InChI is InChI=1S/C18H17FN4O2/c19-14-7-12(5-6-13(14)18(24)25)16-17(21)22-9-15(23-16)11-3-1-10(8-20)2-4-11/h5-7,9-11H,1-4H2,(H2,21,22)(H,24,25). The van der Waals surface area contributed by atoms with E-state index in [0.29, 0.717) is 11.3 Å². The van der Waals surface area contributed by atoms with E-state index in [1.807, 2.05) is 0 Å².